The molecule has 1 saturated carbocycles. The molecule has 0 spiro atoms. The van der Waals surface area contributed by atoms with E-state index in [0.29, 0.717) is 11.4 Å². The van der Waals surface area contributed by atoms with Crippen LogP contribution in [0.15, 0.2) is 10.5 Å². The molecule has 0 aromatic carbocycles. The average Bonchev–Trinajstić information content (AvgIpc) is 3.34. The third-order valence-corrected chi connectivity index (χ3v) is 7.25. The molecule has 9 N–H and O–H groups in total. The van der Waals surface area contributed by atoms with Gasteiger partial charge in [0.2, 0.25) is 5.60 Å². The highest BCUT2D eigenvalue weighted by molar-refractivity contribution is 7.84. The van der Waals surface area contributed by atoms with Crippen LogP contribution in [-0.4, -0.2) is 83.5 Å². The predicted octanol–water partition coefficient (Wildman–Crippen LogP) is -3.23. The summed E-state index contributed by atoms with van der Waals surface area (Å²) in [7, 11) is -5.00. The van der Waals surface area contributed by atoms with Crippen molar-refractivity contribution in [2.45, 2.75) is 50.2 Å². The number of amides is 2. The average molecular weight is 559 g/mol. The summed E-state index contributed by atoms with van der Waals surface area (Å²) in [6, 6.07) is -2.81. The highest BCUT2D eigenvalue weighted by atomic mass is 32.2. The van der Waals surface area contributed by atoms with E-state index in [0.717, 1.165) is 16.1 Å². The molecule has 0 radical (unpaired) electrons. The number of anilines is 1. The van der Waals surface area contributed by atoms with Gasteiger partial charge in [0.1, 0.15) is 29.2 Å². The molecule has 4 rings (SSSR count). The Balaban J connectivity index is 1.60. The van der Waals surface area contributed by atoms with Crippen molar-refractivity contribution in [1.29, 1.82) is 0 Å². The number of carbonyl (C=O) groups excluding carboxylic acids is 2. The number of β-lactam (4-membered cyclic amide) rings is 1. The van der Waals surface area contributed by atoms with E-state index in [9.17, 15) is 32.5 Å². The molecule has 3 heterocycles. The Morgan fingerprint density at radius 1 is 1.27 bits per heavy atom. The number of carbonyl (C=O) groups is 3. The fraction of sp³-hybridized carbons (Fsp3) is 0.471. The minimum atomic E-state index is -5.00. The van der Waals surface area contributed by atoms with Crippen molar-refractivity contribution in [3.63, 3.8) is 0 Å². The summed E-state index contributed by atoms with van der Waals surface area (Å²) < 4.78 is 33.3. The Bertz CT molecular complexity index is 1360. The quantitative estimate of drug-likeness (QED) is 0.0684. The number of aromatic nitrogens is 4. The van der Waals surface area contributed by atoms with E-state index in [1.54, 1.807) is 0 Å². The third kappa shape index (κ3) is 5.09. The highest BCUT2D eigenvalue weighted by Gasteiger charge is 2.56. The van der Waals surface area contributed by atoms with Crippen LogP contribution < -0.4 is 22.5 Å². The molecule has 2 aromatic heterocycles. The Labute approximate surface area is 212 Å². The summed E-state index contributed by atoms with van der Waals surface area (Å²) >= 11 is 0.965. The fourth-order valence-electron chi connectivity index (χ4n) is 3.52. The molecular weight excluding hydrogens is 536 g/mol. The monoisotopic (exact) mass is 558 g/mol. The standard InChI is InChI=1S/C17H22N10O8S2/c18-3-7-8(4-19)24-26(23-7)5-10-12(14(29)27(10)37(32,33)34)22-13(28)11(9-6-36-16(20)21-9)25-35-17(1-2-17)15(30)31/h6,10,12H,1-5,18-19H2,(H2,20,21)(H,22,28)(H,30,31)(H,32,33,34)/t10-,12+/m1/s1. The van der Waals surface area contributed by atoms with Gasteiger partial charge in [0.15, 0.2) is 10.8 Å². The van der Waals surface area contributed by atoms with Gasteiger partial charge in [-0.05, 0) is 0 Å². The second kappa shape index (κ2) is 9.63. The van der Waals surface area contributed by atoms with E-state index in [-0.39, 0.29) is 47.6 Å². The van der Waals surface area contributed by atoms with Gasteiger partial charge < -0.3 is 32.5 Å². The number of carboxylic acid groups (broad SMARTS) is 1. The number of hydrogen-bond donors (Lipinski definition) is 6. The van der Waals surface area contributed by atoms with Gasteiger partial charge in [-0.3, -0.25) is 14.1 Å². The Morgan fingerprint density at radius 3 is 2.35 bits per heavy atom. The zero-order valence-electron chi connectivity index (χ0n) is 18.8. The number of oxime groups is 1. The highest BCUT2D eigenvalue weighted by Crippen LogP contribution is 2.40. The molecule has 2 aromatic rings. The number of nitrogens with zero attached hydrogens (tertiary/aromatic N) is 6. The minimum absolute atomic E-state index is 0.00720. The van der Waals surface area contributed by atoms with Gasteiger partial charge in [-0.1, -0.05) is 5.16 Å². The van der Waals surface area contributed by atoms with Gasteiger partial charge in [0.05, 0.1) is 6.54 Å². The maximum Gasteiger partial charge on any atom is 0.362 e. The number of thiazole rings is 1. The third-order valence-electron chi connectivity index (χ3n) is 5.63. The number of carboxylic acids is 1. The first kappa shape index (κ1) is 26.3. The first-order valence-corrected chi connectivity index (χ1v) is 12.8. The largest absolute Gasteiger partial charge is 0.478 e. The van der Waals surface area contributed by atoms with E-state index in [1.807, 2.05) is 0 Å². The topological polar surface area (TPSA) is 284 Å². The lowest BCUT2D eigenvalue weighted by atomic mass is 9.98. The van der Waals surface area contributed by atoms with Crippen LogP contribution in [0.3, 0.4) is 0 Å². The van der Waals surface area contributed by atoms with Crippen molar-refractivity contribution in [3.8, 4) is 0 Å². The van der Waals surface area contributed by atoms with E-state index in [4.69, 9.17) is 22.0 Å². The number of hydrogen-bond acceptors (Lipinski definition) is 14. The molecule has 2 atom stereocenters. The SMILES string of the molecule is NCc1nn(C[C@@H]2[C@H](NC(=O)C(=NOC3(C(=O)O)CC3)c3csc(N)n3)C(=O)N2S(=O)(=O)O)nc1CN. The molecule has 2 aliphatic rings. The molecule has 20 heteroatoms. The zero-order valence-corrected chi connectivity index (χ0v) is 20.5. The number of nitrogens with one attached hydrogen (secondary N) is 1. The van der Waals surface area contributed by atoms with Crippen molar-refractivity contribution in [3.05, 3.63) is 22.5 Å². The number of nitrogen functional groups attached to an aromatic ring is 1. The summed E-state index contributed by atoms with van der Waals surface area (Å²) in [5, 5.41) is 24.9. The van der Waals surface area contributed by atoms with E-state index >= 15 is 0 Å². The smallest absolute Gasteiger partial charge is 0.362 e. The second-order valence-electron chi connectivity index (χ2n) is 8.09. The minimum Gasteiger partial charge on any atom is -0.478 e. The van der Waals surface area contributed by atoms with E-state index < -0.39 is 51.5 Å². The molecule has 2 fully saturated rings. The molecule has 2 amide bonds. The van der Waals surface area contributed by atoms with Crippen LogP contribution in [0.2, 0.25) is 0 Å². The molecule has 1 saturated heterocycles. The molecule has 1 aliphatic heterocycles. The van der Waals surface area contributed by atoms with Crippen molar-refractivity contribution in [2.75, 3.05) is 5.73 Å². The second-order valence-corrected chi connectivity index (χ2v) is 10.3. The van der Waals surface area contributed by atoms with Crippen molar-refractivity contribution in [1.82, 2.24) is 29.6 Å². The van der Waals surface area contributed by atoms with Gasteiger partial charge in [0, 0.05) is 31.3 Å². The molecule has 18 nitrogen and oxygen atoms in total. The van der Waals surface area contributed by atoms with Crippen LogP contribution in [0.5, 0.6) is 0 Å². The van der Waals surface area contributed by atoms with E-state index in [1.165, 1.54) is 5.38 Å². The van der Waals surface area contributed by atoms with E-state index in [2.05, 4.69) is 25.7 Å². The van der Waals surface area contributed by atoms with Crippen molar-refractivity contribution in [2.24, 2.45) is 16.6 Å². The number of rotatable bonds is 11. The first-order valence-electron chi connectivity index (χ1n) is 10.6. The van der Waals surface area contributed by atoms with Gasteiger partial charge >= 0.3 is 16.3 Å². The fourth-order valence-corrected chi connectivity index (χ4v) is 4.94. The first-order chi connectivity index (χ1) is 17.4. The normalized spacial score (nSPS) is 20.9. The van der Waals surface area contributed by atoms with Gasteiger partial charge in [0.25, 0.3) is 11.8 Å². The lowest BCUT2D eigenvalue weighted by Crippen LogP contribution is -2.73. The predicted molar refractivity (Wildman–Crippen MR) is 124 cm³/mol. The summed E-state index contributed by atoms with van der Waals surface area (Å²) in [6.45, 7) is -0.377. The van der Waals surface area contributed by atoms with Gasteiger partial charge in [-0.15, -0.1) is 11.3 Å². The summed E-state index contributed by atoms with van der Waals surface area (Å²) in [5.74, 6) is -3.45. The van der Waals surface area contributed by atoms with Crippen molar-refractivity contribution >= 4 is 50.3 Å². The van der Waals surface area contributed by atoms with Crippen LogP contribution in [0.4, 0.5) is 5.13 Å². The Kier molecular flexibility index (Phi) is 6.85. The van der Waals surface area contributed by atoms with Crippen LogP contribution in [0.25, 0.3) is 0 Å². The maximum atomic E-state index is 13.1. The lowest BCUT2D eigenvalue weighted by molar-refractivity contribution is -0.153. The van der Waals surface area contributed by atoms with Crippen molar-refractivity contribution < 1.29 is 37.3 Å². The summed E-state index contributed by atoms with van der Waals surface area (Å²) in [6.07, 6.45) is 0.331. The molecule has 200 valence electrons. The lowest BCUT2D eigenvalue weighted by Gasteiger charge is -2.43. The van der Waals surface area contributed by atoms with Crippen LogP contribution >= 0.6 is 11.3 Å². The molecular formula is C17H22N10O8S2. The molecule has 37 heavy (non-hydrogen) atoms. The Morgan fingerprint density at radius 2 is 1.89 bits per heavy atom. The molecule has 0 unspecified atom stereocenters. The van der Waals surface area contributed by atoms with Gasteiger partial charge in [-0.2, -0.15) is 23.4 Å². The summed E-state index contributed by atoms with van der Waals surface area (Å²) in [5.41, 5.74) is 15.4. The van der Waals surface area contributed by atoms with Crippen LogP contribution in [0, 0.1) is 0 Å². The molecule has 0 bridgehead atoms. The zero-order chi connectivity index (χ0) is 27.1. The molecule has 1 aliphatic carbocycles. The van der Waals surface area contributed by atoms with Gasteiger partial charge in [-0.25, -0.2) is 14.1 Å². The van der Waals surface area contributed by atoms with Crippen LogP contribution in [0.1, 0.15) is 29.9 Å². The summed E-state index contributed by atoms with van der Waals surface area (Å²) in [4.78, 5) is 47.2. The Hall–Kier alpha value is -3.72. The number of nitrogens with two attached hydrogens (primary N) is 3. The maximum absolute atomic E-state index is 13.1. The number of aliphatic carboxylic acids is 1. The van der Waals surface area contributed by atoms with Crippen LogP contribution in [-0.2, 0) is 49.2 Å².